The molecule has 4 heteroatoms. The number of rotatable bonds is 5. The molecule has 0 aliphatic rings. The third-order valence-electron chi connectivity index (χ3n) is 3.17. The first-order chi connectivity index (χ1) is 10.6. The van der Waals surface area contributed by atoms with Gasteiger partial charge in [0.1, 0.15) is 5.75 Å². The number of nitriles is 1. The molecule has 0 saturated carbocycles. The molecule has 0 aliphatic carbocycles. The molecule has 0 unspecified atom stereocenters. The number of nitrogens with one attached hydrogen (secondary N) is 1. The SMILES string of the molecule is CC(C)c1cccc(OCC(=O)Nc2cccc(C#N)c2)c1. The van der Waals surface area contributed by atoms with Gasteiger partial charge in [-0.25, -0.2) is 0 Å². The summed E-state index contributed by atoms with van der Waals surface area (Å²) in [4.78, 5) is 11.9. The average molecular weight is 294 g/mol. The molecule has 2 rings (SSSR count). The van der Waals surface area contributed by atoms with Crippen molar-refractivity contribution in [2.45, 2.75) is 19.8 Å². The van der Waals surface area contributed by atoms with Crippen molar-refractivity contribution < 1.29 is 9.53 Å². The second-order valence-electron chi connectivity index (χ2n) is 5.26. The van der Waals surface area contributed by atoms with E-state index in [0.717, 1.165) is 0 Å². The van der Waals surface area contributed by atoms with E-state index in [1.54, 1.807) is 24.3 Å². The summed E-state index contributed by atoms with van der Waals surface area (Å²) in [7, 11) is 0. The zero-order chi connectivity index (χ0) is 15.9. The molecule has 0 spiro atoms. The van der Waals surface area contributed by atoms with Crippen LogP contribution in [-0.4, -0.2) is 12.5 Å². The molecule has 0 aromatic heterocycles. The van der Waals surface area contributed by atoms with Crippen LogP contribution in [-0.2, 0) is 4.79 Å². The Hall–Kier alpha value is -2.80. The average Bonchev–Trinajstić information content (AvgIpc) is 2.53. The number of carbonyl (C=O) groups is 1. The zero-order valence-electron chi connectivity index (χ0n) is 12.7. The Labute approximate surface area is 130 Å². The number of ether oxygens (including phenoxy) is 1. The van der Waals surface area contributed by atoms with Crippen molar-refractivity contribution in [2.24, 2.45) is 0 Å². The quantitative estimate of drug-likeness (QED) is 0.914. The lowest BCUT2D eigenvalue weighted by atomic mass is 10.0. The first-order valence-corrected chi connectivity index (χ1v) is 7.11. The van der Waals surface area contributed by atoms with Crippen molar-refractivity contribution in [3.05, 3.63) is 59.7 Å². The van der Waals surface area contributed by atoms with Crippen LogP contribution in [0, 0.1) is 11.3 Å². The summed E-state index contributed by atoms with van der Waals surface area (Å²) < 4.78 is 5.51. The second kappa shape index (κ2) is 7.28. The normalized spacial score (nSPS) is 10.1. The smallest absolute Gasteiger partial charge is 0.262 e. The highest BCUT2D eigenvalue weighted by Gasteiger charge is 2.06. The summed E-state index contributed by atoms with van der Waals surface area (Å²) in [6.07, 6.45) is 0. The van der Waals surface area contributed by atoms with Gasteiger partial charge in [-0.05, 0) is 41.8 Å². The van der Waals surface area contributed by atoms with Gasteiger partial charge in [0.15, 0.2) is 6.61 Å². The van der Waals surface area contributed by atoms with E-state index in [9.17, 15) is 4.79 Å². The number of anilines is 1. The Morgan fingerprint density at radius 1 is 1.23 bits per heavy atom. The molecule has 0 bridgehead atoms. The lowest BCUT2D eigenvalue weighted by Crippen LogP contribution is -2.20. The highest BCUT2D eigenvalue weighted by atomic mass is 16.5. The van der Waals surface area contributed by atoms with Crippen LogP contribution >= 0.6 is 0 Å². The highest BCUT2D eigenvalue weighted by molar-refractivity contribution is 5.92. The minimum Gasteiger partial charge on any atom is -0.484 e. The number of nitrogens with zero attached hydrogens (tertiary/aromatic N) is 1. The van der Waals surface area contributed by atoms with Crippen LogP contribution in [0.4, 0.5) is 5.69 Å². The van der Waals surface area contributed by atoms with Gasteiger partial charge in [-0.2, -0.15) is 5.26 Å². The summed E-state index contributed by atoms with van der Waals surface area (Å²) in [6, 6.07) is 16.5. The van der Waals surface area contributed by atoms with Gasteiger partial charge in [0.2, 0.25) is 0 Å². The molecule has 0 fully saturated rings. The Balaban J connectivity index is 1.92. The Kier molecular flexibility index (Phi) is 5.16. The number of hydrogen-bond donors (Lipinski definition) is 1. The predicted octanol–water partition coefficient (Wildman–Crippen LogP) is 3.70. The van der Waals surface area contributed by atoms with Crippen LogP contribution in [0.15, 0.2) is 48.5 Å². The van der Waals surface area contributed by atoms with Crippen LogP contribution < -0.4 is 10.1 Å². The van der Waals surface area contributed by atoms with E-state index >= 15 is 0 Å². The Morgan fingerprint density at radius 3 is 2.73 bits per heavy atom. The molecule has 1 N–H and O–H groups in total. The third-order valence-corrected chi connectivity index (χ3v) is 3.17. The van der Waals surface area contributed by atoms with Crippen LogP contribution in [0.25, 0.3) is 0 Å². The van der Waals surface area contributed by atoms with E-state index in [2.05, 4.69) is 19.2 Å². The molecule has 1 amide bonds. The fraction of sp³-hybridized carbons (Fsp3) is 0.222. The van der Waals surface area contributed by atoms with Crippen molar-refractivity contribution in [1.29, 1.82) is 5.26 Å². The Morgan fingerprint density at radius 2 is 2.00 bits per heavy atom. The number of hydrogen-bond acceptors (Lipinski definition) is 3. The summed E-state index contributed by atoms with van der Waals surface area (Å²) >= 11 is 0. The fourth-order valence-corrected chi connectivity index (χ4v) is 1.98. The minimum atomic E-state index is -0.259. The standard InChI is InChI=1S/C18H18N2O2/c1-13(2)15-6-4-8-17(10-15)22-12-18(21)20-16-7-3-5-14(9-16)11-19/h3-10,13H,12H2,1-2H3,(H,20,21). The van der Waals surface area contributed by atoms with Crippen molar-refractivity contribution in [1.82, 2.24) is 0 Å². The van der Waals surface area contributed by atoms with E-state index in [0.29, 0.717) is 22.9 Å². The van der Waals surface area contributed by atoms with E-state index in [1.165, 1.54) is 5.56 Å². The zero-order valence-corrected chi connectivity index (χ0v) is 12.7. The van der Waals surface area contributed by atoms with E-state index in [-0.39, 0.29) is 12.5 Å². The Bertz CT molecular complexity index is 702. The molecule has 2 aromatic carbocycles. The molecule has 22 heavy (non-hydrogen) atoms. The van der Waals surface area contributed by atoms with Crippen molar-refractivity contribution in [2.75, 3.05) is 11.9 Å². The maximum atomic E-state index is 11.9. The number of carbonyl (C=O) groups excluding carboxylic acids is 1. The van der Waals surface area contributed by atoms with E-state index < -0.39 is 0 Å². The van der Waals surface area contributed by atoms with Crippen molar-refractivity contribution >= 4 is 11.6 Å². The monoisotopic (exact) mass is 294 g/mol. The molecule has 0 atom stereocenters. The number of amides is 1. The van der Waals surface area contributed by atoms with Crippen molar-refractivity contribution in [3.8, 4) is 11.8 Å². The minimum absolute atomic E-state index is 0.0711. The fourth-order valence-electron chi connectivity index (χ4n) is 1.98. The second-order valence-corrected chi connectivity index (χ2v) is 5.26. The van der Waals surface area contributed by atoms with Gasteiger partial charge >= 0.3 is 0 Å². The molecule has 0 heterocycles. The number of benzene rings is 2. The summed E-state index contributed by atoms with van der Waals surface area (Å²) in [5.74, 6) is 0.822. The highest BCUT2D eigenvalue weighted by Crippen LogP contribution is 2.20. The molecular weight excluding hydrogens is 276 g/mol. The molecule has 0 aliphatic heterocycles. The molecule has 0 saturated heterocycles. The largest absolute Gasteiger partial charge is 0.484 e. The van der Waals surface area contributed by atoms with E-state index in [1.807, 2.05) is 30.3 Å². The first kappa shape index (κ1) is 15.6. The lowest BCUT2D eigenvalue weighted by Gasteiger charge is -2.10. The van der Waals surface area contributed by atoms with Crippen LogP contribution in [0.2, 0.25) is 0 Å². The van der Waals surface area contributed by atoms with Gasteiger partial charge in [0, 0.05) is 5.69 Å². The maximum Gasteiger partial charge on any atom is 0.262 e. The third kappa shape index (κ3) is 4.35. The maximum absolute atomic E-state index is 11.9. The molecule has 112 valence electrons. The summed E-state index contributed by atoms with van der Waals surface area (Å²) in [6.45, 7) is 4.14. The summed E-state index contributed by atoms with van der Waals surface area (Å²) in [5.41, 5.74) is 2.26. The van der Waals surface area contributed by atoms with Crippen molar-refractivity contribution in [3.63, 3.8) is 0 Å². The first-order valence-electron chi connectivity index (χ1n) is 7.11. The van der Waals surface area contributed by atoms with Gasteiger partial charge < -0.3 is 10.1 Å². The van der Waals surface area contributed by atoms with Crippen LogP contribution in [0.1, 0.15) is 30.9 Å². The topological polar surface area (TPSA) is 62.1 Å². The molecule has 0 radical (unpaired) electrons. The predicted molar refractivity (Wildman–Crippen MR) is 85.8 cm³/mol. The van der Waals surface area contributed by atoms with Crippen LogP contribution in [0.5, 0.6) is 5.75 Å². The van der Waals surface area contributed by atoms with Gasteiger partial charge in [-0.15, -0.1) is 0 Å². The summed E-state index contributed by atoms with van der Waals surface area (Å²) in [5, 5.41) is 11.5. The van der Waals surface area contributed by atoms with Gasteiger partial charge in [0.05, 0.1) is 11.6 Å². The van der Waals surface area contributed by atoms with Crippen LogP contribution in [0.3, 0.4) is 0 Å². The van der Waals surface area contributed by atoms with E-state index in [4.69, 9.17) is 10.00 Å². The molecule has 2 aromatic rings. The van der Waals surface area contributed by atoms with Gasteiger partial charge in [-0.3, -0.25) is 4.79 Å². The molecule has 4 nitrogen and oxygen atoms in total. The lowest BCUT2D eigenvalue weighted by molar-refractivity contribution is -0.118. The molecular formula is C18H18N2O2. The van der Waals surface area contributed by atoms with Gasteiger partial charge in [-0.1, -0.05) is 32.0 Å². The van der Waals surface area contributed by atoms with Gasteiger partial charge in [0.25, 0.3) is 5.91 Å².